The predicted molar refractivity (Wildman–Crippen MR) is 148 cm³/mol. The van der Waals surface area contributed by atoms with Gasteiger partial charge in [0.2, 0.25) is 0 Å². The molecule has 4 aromatic rings. The molecule has 204 valence electrons. The third kappa shape index (κ3) is 7.05. The van der Waals surface area contributed by atoms with E-state index < -0.39 is 15.8 Å². The molecule has 0 aliphatic carbocycles. The normalized spacial score (nSPS) is 10.8. The number of nitro benzene ring substituents is 2. The molecule has 0 saturated heterocycles. The molecule has 0 atom stereocenters. The smallest absolute Gasteiger partial charge is 0.293 e. The van der Waals surface area contributed by atoms with E-state index in [4.69, 9.17) is 9.47 Å². The summed E-state index contributed by atoms with van der Waals surface area (Å²) in [5.74, 6) is 0.350. The van der Waals surface area contributed by atoms with Crippen molar-refractivity contribution in [3.05, 3.63) is 120 Å². The minimum absolute atomic E-state index is 0.00938. The van der Waals surface area contributed by atoms with E-state index in [1.165, 1.54) is 42.3 Å². The zero-order chi connectivity index (χ0) is 28.6. The van der Waals surface area contributed by atoms with Crippen LogP contribution < -0.4 is 14.9 Å². The molecular weight excluding hydrogens is 588 g/mol. The standard InChI is InChI=1S/C26H21BrN6O7/c1-39-23-11-6-19(12-24(23)40-16-18-4-9-21(10-5-18)33(37)38)13-28-29-26(34)25-22(27)15-31(30-25)14-17-2-7-20(8-3-17)32(35)36/h2-13,15H,14,16H2,1H3,(H,29,34). The summed E-state index contributed by atoms with van der Waals surface area (Å²) >= 11 is 3.32. The highest BCUT2D eigenvalue weighted by atomic mass is 79.9. The van der Waals surface area contributed by atoms with Gasteiger partial charge >= 0.3 is 0 Å². The Hall–Kier alpha value is -5.11. The van der Waals surface area contributed by atoms with Crippen LogP contribution in [0.25, 0.3) is 0 Å². The largest absolute Gasteiger partial charge is 0.493 e. The van der Waals surface area contributed by atoms with Gasteiger partial charge in [-0.25, -0.2) is 5.43 Å². The van der Waals surface area contributed by atoms with E-state index in [1.807, 2.05) is 0 Å². The van der Waals surface area contributed by atoms with Crippen LogP contribution in [-0.2, 0) is 13.2 Å². The number of hydrogen-bond acceptors (Lipinski definition) is 9. The molecule has 0 spiro atoms. The number of hydrazone groups is 1. The van der Waals surface area contributed by atoms with Crippen molar-refractivity contribution in [2.24, 2.45) is 5.10 Å². The Morgan fingerprint density at radius 1 is 1.00 bits per heavy atom. The van der Waals surface area contributed by atoms with E-state index in [2.05, 4.69) is 31.6 Å². The van der Waals surface area contributed by atoms with Crippen LogP contribution in [0.3, 0.4) is 0 Å². The molecule has 0 aliphatic heterocycles. The molecule has 1 amide bonds. The maximum absolute atomic E-state index is 12.6. The number of nitrogens with one attached hydrogen (secondary N) is 1. The molecule has 0 bridgehead atoms. The summed E-state index contributed by atoms with van der Waals surface area (Å²) in [5.41, 5.74) is 4.64. The lowest BCUT2D eigenvalue weighted by Gasteiger charge is -2.11. The van der Waals surface area contributed by atoms with Gasteiger partial charge in [0.15, 0.2) is 17.2 Å². The van der Waals surface area contributed by atoms with E-state index in [0.29, 0.717) is 28.1 Å². The van der Waals surface area contributed by atoms with Gasteiger partial charge in [0.1, 0.15) is 6.61 Å². The Labute approximate surface area is 235 Å². The molecule has 0 radical (unpaired) electrons. The number of ether oxygens (including phenoxy) is 2. The first kappa shape index (κ1) is 27.9. The van der Waals surface area contributed by atoms with Gasteiger partial charge in [-0.3, -0.25) is 29.7 Å². The van der Waals surface area contributed by atoms with Gasteiger partial charge in [-0.15, -0.1) is 0 Å². The van der Waals surface area contributed by atoms with E-state index >= 15 is 0 Å². The predicted octanol–water partition coefficient (Wildman–Crippen LogP) is 4.86. The Morgan fingerprint density at radius 3 is 2.23 bits per heavy atom. The molecule has 13 nitrogen and oxygen atoms in total. The molecule has 3 aromatic carbocycles. The average Bonchev–Trinajstić information content (AvgIpc) is 3.32. The second-order valence-electron chi connectivity index (χ2n) is 8.27. The van der Waals surface area contributed by atoms with Crippen LogP contribution in [0.5, 0.6) is 11.5 Å². The number of carbonyl (C=O) groups excluding carboxylic acids is 1. The number of rotatable bonds is 11. The molecule has 0 unspecified atom stereocenters. The van der Waals surface area contributed by atoms with Crippen LogP contribution in [0.15, 0.2) is 82.5 Å². The summed E-state index contributed by atoms with van der Waals surface area (Å²) in [7, 11) is 1.50. The first-order chi connectivity index (χ1) is 19.2. The van der Waals surface area contributed by atoms with Gasteiger partial charge in [-0.1, -0.05) is 12.1 Å². The zero-order valence-electron chi connectivity index (χ0n) is 20.9. The molecule has 1 aromatic heterocycles. The number of methoxy groups -OCH3 is 1. The van der Waals surface area contributed by atoms with Crippen LogP contribution in [0.4, 0.5) is 11.4 Å². The molecular formula is C26H21BrN6O7. The van der Waals surface area contributed by atoms with E-state index in [0.717, 1.165) is 11.1 Å². The monoisotopic (exact) mass is 608 g/mol. The molecule has 0 fully saturated rings. The van der Waals surface area contributed by atoms with Crippen LogP contribution in [0.1, 0.15) is 27.2 Å². The van der Waals surface area contributed by atoms with Crippen LogP contribution in [0, 0.1) is 20.2 Å². The Bertz CT molecular complexity index is 1570. The fourth-order valence-corrected chi connectivity index (χ4v) is 4.02. The summed E-state index contributed by atoms with van der Waals surface area (Å²) in [4.78, 5) is 33.3. The number of non-ortho nitro benzene ring substituents is 2. The van der Waals surface area contributed by atoms with Gasteiger partial charge in [0.25, 0.3) is 17.3 Å². The van der Waals surface area contributed by atoms with Crippen LogP contribution in [-0.4, -0.2) is 38.9 Å². The Kier molecular flexibility index (Phi) is 8.81. The minimum atomic E-state index is -0.547. The number of aromatic nitrogens is 2. The maximum Gasteiger partial charge on any atom is 0.293 e. The van der Waals surface area contributed by atoms with Crippen molar-refractivity contribution in [2.45, 2.75) is 13.2 Å². The highest BCUT2D eigenvalue weighted by Crippen LogP contribution is 2.28. The second-order valence-corrected chi connectivity index (χ2v) is 9.12. The number of benzene rings is 3. The average molecular weight is 609 g/mol. The summed E-state index contributed by atoms with van der Waals surface area (Å²) in [6.45, 7) is 0.462. The summed E-state index contributed by atoms with van der Waals surface area (Å²) < 4.78 is 13.2. The first-order valence-electron chi connectivity index (χ1n) is 11.6. The van der Waals surface area contributed by atoms with Crippen molar-refractivity contribution in [2.75, 3.05) is 7.11 Å². The third-order valence-electron chi connectivity index (χ3n) is 5.53. The van der Waals surface area contributed by atoms with E-state index in [9.17, 15) is 25.0 Å². The fourth-order valence-electron chi connectivity index (χ4n) is 3.52. The second kappa shape index (κ2) is 12.6. The fraction of sp³-hybridized carbons (Fsp3) is 0.115. The highest BCUT2D eigenvalue weighted by Gasteiger charge is 2.15. The third-order valence-corrected chi connectivity index (χ3v) is 6.11. The number of nitro groups is 2. The topological polar surface area (TPSA) is 164 Å². The van der Waals surface area contributed by atoms with Crippen LogP contribution in [0.2, 0.25) is 0 Å². The number of halogens is 1. The molecule has 1 N–H and O–H groups in total. The molecule has 4 rings (SSSR count). The highest BCUT2D eigenvalue weighted by molar-refractivity contribution is 9.10. The number of carbonyl (C=O) groups is 1. The van der Waals surface area contributed by atoms with Crippen molar-refractivity contribution in [3.63, 3.8) is 0 Å². The summed E-state index contributed by atoms with van der Waals surface area (Å²) in [5, 5.41) is 29.9. The molecule has 40 heavy (non-hydrogen) atoms. The van der Waals surface area contributed by atoms with Crippen molar-refractivity contribution < 1.29 is 24.1 Å². The van der Waals surface area contributed by atoms with Gasteiger partial charge in [-0.05, 0) is 63.0 Å². The lowest BCUT2D eigenvalue weighted by Crippen LogP contribution is -2.19. The SMILES string of the molecule is COc1ccc(C=NNC(=O)c2nn(Cc3ccc([N+](=O)[O-])cc3)cc2Br)cc1OCc1ccc([N+](=O)[O-])cc1. The lowest BCUT2D eigenvalue weighted by atomic mass is 10.2. The van der Waals surface area contributed by atoms with Crippen molar-refractivity contribution >= 4 is 39.4 Å². The maximum atomic E-state index is 12.6. The van der Waals surface area contributed by atoms with Gasteiger partial charge in [-0.2, -0.15) is 10.2 Å². The van der Waals surface area contributed by atoms with E-state index in [1.54, 1.807) is 48.7 Å². The van der Waals surface area contributed by atoms with Crippen LogP contribution >= 0.6 is 15.9 Å². The Balaban J connectivity index is 1.37. The number of hydrogen-bond donors (Lipinski definition) is 1. The van der Waals surface area contributed by atoms with Crippen molar-refractivity contribution in [1.82, 2.24) is 15.2 Å². The van der Waals surface area contributed by atoms with Crippen molar-refractivity contribution in [3.8, 4) is 11.5 Å². The lowest BCUT2D eigenvalue weighted by molar-refractivity contribution is -0.385. The van der Waals surface area contributed by atoms with E-state index in [-0.39, 0.29) is 23.7 Å². The van der Waals surface area contributed by atoms with Crippen molar-refractivity contribution in [1.29, 1.82) is 0 Å². The first-order valence-corrected chi connectivity index (χ1v) is 12.4. The van der Waals surface area contributed by atoms with Gasteiger partial charge in [0, 0.05) is 30.5 Å². The molecule has 1 heterocycles. The summed E-state index contributed by atoms with van der Waals surface area (Å²) in [6, 6.07) is 17.2. The number of nitrogens with zero attached hydrogens (tertiary/aromatic N) is 5. The quantitative estimate of drug-likeness (QED) is 0.143. The molecule has 0 aliphatic rings. The molecule has 0 saturated carbocycles. The minimum Gasteiger partial charge on any atom is -0.493 e. The number of amides is 1. The molecule has 14 heteroatoms. The van der Waals surface area contributed by atoms with Gasteiger partial charge < -0.3 is 9.47 Å². The Morgan fingerprint density at radius 2 is 1.62 bits per heavy atom. The van der Waals surface area contributed by atoms with Gasteiger partial charge in [0.05, 0.1) is 34.2 Å². The summed E-state index contributed by atoms with van der Waals surface area (Å²) in [6.07, 6.45) is 3.05. The zero-order valence-corrected chi connectivity index (χ0v) is 22.5.